The highest BCUT2D eigenvalue weighted by atomic mass is 32.2. The highest BCUT2D eigenvalue weighted by molar-refractivity contribution is 7.99. The maximum atomic E-state index is 10.9. The number of carbonyl (C=O) groups excluding carboxylic acids is 1. The molecular formula is C16H16N2O4S. The van der Waals surface area contributed by atoms with Crippen LogP contribution in [0.25, 0.3) is 0 Å². The summed E-state index contributed by atoms with van der Waals surface area (Å²) in [6, 6.07) is 10.0. The van der Waals surface area contributed by atoms with Crippen molar-refractivity contribution in [2.24, 2.45) is 0 Å². The average molecular weight is 332 g/mol. The molecular weight excluding hydrogens is 316 g/mol. The molecule has 0 aliphatic carbocycles. The molecule has 0 fully saturated rings. The molecule has 2 aromatic rings. The molecule has 0 amide bonds. The normalized spacial score (nSPS) is 10.3. The van der Waals surface area contributed by atoms with Gasteiger partial charge in [-0.15, -0.1) is 11.8 Å². The van der Waals surface area contributed by atoms with Gasteiger partial charge in [0.25, 0.3) is 5.69 Å². The number of aromatic nitrogens is 1. The molecule has 0 saturated carbocycles. The number of rotatable bonds is 9. The van der Waals surface area contributed by atoms with Crippen molar-refractivity contribution < 1.29 is 14.5 Å². The summed E-state index contributed by atoms with van der Waals surface area (Å²) in [4.78, 5) is 25.3. The van der Waals surface area contributed by atoms with Crippen LogP contribution in [0, 0.1) is 10.1 Å². The minimum Gasteiger partial charge on any atom is -0.494 e. The number of benzene rings is 1. The zero-order valence-corrected chi connectivity index (χ0v) is 13.2. The molecule has 6 nitrogen and oxygen atoms in total. The highest BCUT2D eigenvalue weighted by Gasteiger charge is 2.13. The number of nitro groups is 1. The molecule has 0 N–H and O–H groups in total. The van der Waals surface area contributed by atoms with E-state index < -0.39 is 4.92 Å². The molecule has 7 heteroatoms. The third-order valence-electron chi connectivity index (χ3n) is 3.02. The summed E-state index contributed by atoms with van der Waals surface area (Å²) in [6.45, 7) is 0.499. The second-order valence-corrected chi connectivity index (χ2v) is 5.78. The monoisotopic (exact) mass is 332 g/mol. The fraction of sp³-hybridized carbons (Fsp3) is 0.250. The number of hydrogen-bond donors (Lipinski definition) is 0. The molecule has 120 valence electrons. The van der Waals surface area contributed by atoms with E-state index in [-0.39, 0.29) is 11.3 Å². The topological polar surface area (TPSA) is 82.3 Å². The first-order valence-corrected chi connectivity index (χ1v) is 8.09. The number of carbonyl (C=O) groups is 1. The summed E-state index contributed by atoms with van der Waals surface area (Å²) in [5.74, 6) is 1.41. The van der Waals surface area contributed by atoms with Crippen LogP contribution in [0.4, 0.5) is 5.69 Å². The Bertz CT molecular complexity index is 664. The summed E-state index contributed by atoms with van der Waals surface area (Å²) in [5.41, 5.74) is -0.183. The Labute approximate surface area is 138 Å². The lowest BCUT2D eigenvalue weighted by Gasteiger charge is -2.06. The van der Waals surface area contributed by atoms with Gasteiger partial charge in [0, 0.05) is 12.3 Å². The second kappa shape index (κ2) is 8.89. The van der Waals surface area contributed by atoms with Gasteiger partial charge in [0.2, 0.25) is 0 Å². The van der Waals surface area contributed by atoms with Crippen molar-refractivity contribution >= 4 is 23.7 Å². The number of thioether (sulfide) groups is 1. The van der Waals surface area contributed by atoms with E-state index in [0.717, 1.165) is 23.6 Å². The molecule has 1 aromatic heterocycles. The molecule has 0 radical (unpaired) electrons. The van der Waals surface area contributed by atoms with Gasteiger partial charge in [-0.1, -0.05) is 6.07 Å². The van der Waals surface area contributed by atoms with Gasteiger partial charge < -0.3 is 4.74 Å². The summed E-state index contributed by atoms with van der Waals surface area (Å²) in [5, 5.41) is 11.7. The molecule has 0 spiro atoms. The molecule has 0 aliphatic heterocycles. The van der Waals surface area contributed by atoms with Gasteiger partial charge in [-0.3, -0.25) is 14.9 Å². The van der Waals surface area contributed by atoms with Gasteiger partial charge in [0.05, 0.1) is 22.1 Å². The largest absolute Gasteiger partial charge is 0.494 e. The molecule has 23 heavy (non-hydrogen) atoms. The van der Waals surface area contributed by atoms with Crippen molar-refractivity contribution in [3.63, 3.8) is 0 Å². The van der Waals surface area contributed by atoms with Crippen molar-refractivity contribution in [2.45, 2.75) is 17.9 Å². The standard InChI is InChI=1S/C16H16N2O4S/c19-12-13-11-14(6-7-15(13)18(20)21)22-9-3-4-10-23-16-5-1-2-8-17-16/h1-2,5-8,11-12H,3-4,9-10H2. The van der Waals surface area contributed by atoms with Crippen LogP contribution in [0.1, 0.15) is 23.2 Å². The third kappa shape index (κ3) is 5.37. The van der Waals surface area contributed by atoms with Crippen LogP contribution >= 0.6 is 11.8 Å². The van der Waals surface area contributed by atoms with Crippen LogP contribution in [0.5, 0.6) is 5.75 Å². The Hall–Kier alpha value is -2.41. The first kappa shape index (κ1) is 17.0. The molecule has 0 atom stereocenters. The molecule has 1 heterocycles. The Balaban J connectivity index is 1.72. The summed E-state index contributed by atoms with van der Waals surface area (Å²) < 4.78 is 5.53. The van der Waals surface area contributed by atoms with Crippen molar-refractivity contribution in [1.29, 1.82) is 0 Å². The van der Waals surface area contributed by atoms with Crippen LogP contribution in [0.15, 0.2) is 47.6 Å². The van der Waals surface area contributed by atoms with Crippen molar-refractivity contribution in [3.05, 3.63) is 58.3 Å². The Morgan fingerprint density at radius 2 is 2.13 bits per heavy atom. The molecule has 2 rings (SSSR count). The van der Waals surface area contributed by atoms with Crippen LogP contribution in [-0.4, -0.2) is 28.6 Å². The van der Waals surface area contributed by atoms with E-state index in [2.05, 4.69) is 4.98 Å². The summed E-state index contributed by atoms with van der Waals surface area (Å²) in [6.07, 6.45) is 4.06. The van der Waals surface area contributed by atoms with Crippen molar-refractivity contribution in [2.75, 3.05) is 12.4 Å². The van der Waals surface area contributed by atoms with Gasteiger partial charge in [0.1, 0.15) is 5.75 Å². The number of hydrogen-bond acceptors (Lipinski definition) is 6. The smallest absolute Gasteiger partial charge is 0.280 e. The van der Waals surface area contributed by atoms with Gasteiger partial charge in [-0.25, -0.2) is 4.98 Å². The summed E-state index contributed by atoms with van der Waals surface area (Å²) >= 11 is 1.69. The zero-order valence-electron chi connectivity index (χ0n) is 12.4. The molecule has 0 unspecified atom stereocenters. The predicted molar refractivity (Wildman–Crippen MR) is 88.2 cm³/mol. The van der Waals surface area contributed by atoms with Crippen LogP contribution in [0.3, 0.4) is 0 Å². The average Bonchev–Trinajstić information content (AvgIpc) is 2.58. The third-order valence-corrected chi connectivity index (χ3v) is 4.05. The fourth-order valence-electron chi connectivity index (χ4n) is 1.89. The van der Waals surface area contributed by atoms with Crippen LogP contribution < -0.4 is 4.74 Å². The van der Waals surface area contributed by atoms with Gasteiger partial charge in [-0.05, 0) is 42.9 Å². The lowest BCUT2D eigenvalue weighted by Crippen LogP contribution is -2.00. The van der Waals surface area contributed by atoms with E-state index in [1.54, 1.807) is 18.0 Å². The van der Waals surface area contributed by atoms with E-state index in [1.807, 2.05) is 18.2 Å². The minimum atomic E-state index is -0.581. The number of nitrogens with zero attached hydrogens (tertiary/aromatic N) is 2. The summed E-state index contributed by atoms with van der Waals surface area (Å²) in [7, 11) is 0. The lowest BCUT2D eigenvalue weighted by atomic mass is 10.2. The lowest BCUT2D eigenvalue weighted by molar-refractivity contribution is -0.385. The van der Waals surface area contributed by atoms with Crippen LogP contribution in [-0.2, 0) is 0 Å². The maximum Gasteiger partial charge on any atom is 0.280 e. The molecule has 0 saturated heterocycles. The van der Waals surface area contributed by atoms with E-state index >= 15 is 0 Å². The Morgan fingerprint density at radius 3 is 2.83 bits per heavy atom. The van der Waals surface area contributed by atoms with Gasteiger partial charge >= 0.3 is 0 Å². The molecule has 0 bridgehead atoms. The number of nitro benzene ring substituents is 1. The van der Waals surface area contributed by atoms with E-state index in [9.17, 15) is 14.9 Å². The van der Waals surface area contributed by atoms with Crippen molar-refractivity contribution in [1.82, 2.24) is 4.98 Å². The fourth-order valence-corrected chi connectivity index (χ4v) is 2.75. The highest BCUT2D eigenvalue weighted by Crippen LogP contribution is 2.23. The zero-order chi connectivity index (χ0) is 16.5. The first-order valence-electron chi connectivity index (χ1n) is 7.11. The number of pyridine rings is 1. The maximum absolute atomic E-state index is 10.9. The van der Waals surface area contributed by atoms with Crippen molar-refractivity contribution in [3.8, 4) is 5.75 Å². The van der Waals surface area contributed by atoms with Gasteiger partial charge in [-0.2, -0.15) is 0 Å². The SMILES string of the molecule is O=Cc1cc(OCCCCSc2ccccn2)ccc1[N+](=O)[O-]. The molecule has 0 aliphatic rings. The first-order chi connectivity index (χ1) is 11.2. The quantitative estimate of drug-likeness (QED) is 0.229. The van der Waals surface area contributed by atoms with E-state index in [4.69, 9.17) is 4.74 Å². The molecule has 1 aromatic carbocycles. The predicted octanol–water partition coefficient (Wildman–Crippen LogP) is 3.75. The van der Waals surface area contributed by atoms with E-state index in [1.165, 1.54) is 18.2 Å². The number of aldehydes is 1. The number of ether oxygens (including phenoxy) is 1. The second-order valence-electron chi connectivity index (χ2n) is 4.67. The minimum absolute atomic E-state index is 0.0261. The number of unbranched alkanes of at least 4 members (excludes halogenated alkanes) is 1. The van der Waals surface area contributed by atoms with Gasteiger partial charge in [0.15, 0.2) is 6.29 Å². The Kier molecular flexibility index (Phi) is 6.56. The van der Waals surface area contributed by atoms with E-state index in [0.29, 0.717) is 18.6 Å². The Morgan fingerprint density at radius 1 is 1.26 bits per heavy atom. The van der Waals surface area contributed by atoms with Crippen LogP contribution in [0.2, 0.25) is 0 Å².